The molecule has 0 saturated carbocycles. The largest absolute Gasteiger partial charge is 0.347 e. The third-order valence-corrected chi connectivity index (χ3v) is 2.69. The molecule has 0 aromatic carbocycles. The molecule has 0 fully saturated rings. The molecule has 0 radical (unpaired) electrons. The minimum absolute atomic E-state index is 0.322. The summed E-state index contributed by atoms with van der Waals surface area (Å²) in [6, 6.07) is 0.947. The molecule has 0 aliphatic rings. The molecule has 1 aromatic rings. The number of H-pyrrole nitrogens is 1. The molecule has 0 saturated heterocycles. The lowest BCUT2D eigenvalue weighted by Crippen LogP contribution is -2.31. The Morgan fingerprint density at radius 3 is 2.47 bits per heavy atom. The van der Waals surface area contributed by atoms with E-state index >= 15 is 0 Å². The smallest absolute Gasteiger partial charge is 0.122 e. The Kier molecular flexibility index (Phi) is 5.40. The molecule has 3 nitrogen and oxygen atoms in total. The quantitative estimate of drug-likeness (QED) is 0.724. The highest BCUT2D eigenvalue weighted by Crippen LogP contribution is 2.12. The molecule has 3 heteroatoms. The molecule has 15 heavy (non-hydrogen) atoms. The average Bonchev–Trinajstić information content (AvgIpc) is 2.71. The van der Waals surface area contributed by atoms with Crippen molar-refractivity contribution in [2.75, 3.05) is 0 Å². The molecule has 0 bridgehead atoms. The van der Waals surface area contributed by atoms with Gasteiger partial charge in [-0.2, -0.15) is 0 Å². The van der Waals surface area contributed by atoms with Crippen LogP contribution in [0.1, 0.15) is 58.3 Å². The van der Waals surface area contributed by atoms with E-state index in [0.29, 0.717) is 12.1 Å². The van der Waals surface area contributed by atoms with Crippen LogP contribution in [0.3, 0.4) is 0 Å². The van der Waals surface area contributed by atoms with Gasteiger partial charge in [-0.3, -0.25) is 0 Å². The van der Waals surface area contributed by atoms with Crippen molar-refractivity contribution >= 4 is 0 Å². The molecule has 86 valence electrons. The number of hydrogen-bond acceptors (Lipinski definition) is 2. The van der Waals surface area contributed by atoms with Gasteiger partial charge in [-0.15, -0.1) is 0 Å². The van der Waals surface area contributed by atoms with E-state index in [1.807, 2.05) is 12.4 Å². The van der Waals surface area contributed by atoms with E-state index in [4.69, 9.17) is 0 Å². The number of aromatic nitrogens is 2. The van der Waals surface area contributed by atoms with E-state index in [1.165, 1.54) is 25.7 Å². The summed E-state index contributed by atoms with van der Waals surface area (Å²) in [5.74, 6) is 1.03. The second-order valence-electron chi connectivity index (χ2n) is 4.14. The van der Waals surface area contributed by atoms with Crippen LogP contribution in [0, 0.1) is 0 Å². The predicted molar refractivity (Wildman–Crippen MR) is 63.7 cm³/mol. The Morgan fingerprint density at radius 2 is 2.00 bits per heavy atom. The Hall–Kier alpha value is -0.830. The van der Waals surface area contributed by atoms with Crippen molar-refractivity contribution < 1.29 is 0 Å². The number of hydrogen-bond donors (Lipinski definition) is 2. The Labute approximate surface area is 92.7 Å². The van der Waals surface area contributed by atoms with E-state index in [0.717, 1.165) is 5.82 Å². The van der Waals surface area contributed by atoms with Crippen molar-refractivity contribution in [2.24, 2.45) is 0 Å². The number of imidazole rings is 1. The number of nitrogens with zero attached hydrogens (tertiary/aromatic N) is 1. The summed E-state index contributed by atoms with van der Waals surface area (Å²) in [5.41, 5.74) is 0. The number of rotatable bonds is 7. The van der Waals surface area contributed by atoms with E-state index in [-0.39, 0.29) is 0 Å². The molecule has 0 aliphatic heterocycles. The Bertz CT molecular complexity index is 237. The lowest BCUT2D eigenvalue weighted by atomic mass is 10.1. The first-order valence-electron chi connectivity index (χ1n) is 6.03. The maximum atomic E-state index is 4.27. The van der Waals surface area contributed by atoms with Crippen LogP contribution < -0.4 is 5.32 Å². The molecule has 0 amide bonds. The summed E-state index contributed by atoms with van der Waals surface area (Å²) in [5, 5.41) is 3.63. The summed E-state index contributed by atoms with van der Waals surface area (Å²) >= 11 is 0. The van der Waals surface area contributed by atoms with Crippen LogP contribution in [0.5, 0.6) is 0 Å². The first kappa shape index (κ1) is 12.2. The average molecular weight is 209 g/mol. The first-order chi connectivity index (χ1) is 7.27. The lowest BCUT2D eigenvalue weighted by Gasteiger charge is -2.21. The highest BCUT2D eigenvalue weighted by molar-refractivity contribution is 4.94. The van der Waals surface area contributed by atoms with Crippen LogP contribution >= 0.6 is 0 Å². The lowest BCUT2D eigenvalue weighted by molar-refractivity contribution is 0.395. The van der Waals surface area contributed by atoms with Gasteiger partial charge in [0.1, 0.15) is 5.82 Å². The molecule has 0 aliphatic carbocycles. The van der Waals surface area contributed by atoms with Crippen molar-refractivity contribution in [1.82, 2.24) is 15.3 Å². The second kappa shape index (κ2) is 6.62. The molecule has 1 rings (SSSR count). The Balaban J connectivity index is 2.43. The van der Waals surface area contributed by atoms with Gasteiger partial charge < -0.3 is 10.3 Å². The fourth-order valence-electron chi connectivity index (χ4n) is 1.95. The zero-order chi connectivity index (χ0) is 11.1. The standard InChI is InChI=1S/C12H23N3/c1-4-6-11(7-5-2)15-10(3)12-13-8-9-14-12/h8-11,15H,4-7H2,1-3H3,(H,13,14). The zero-order valence-corrected chi connectivity index (χ0v) is 10.1. The van der Waals surface area contributed by atoms with Crippen molar-refractivity contribution in [3.8, 4) is 0 Å². The number of aromatic amines is 1. The van der Waals surface area contributed by atoms with E-state index in [1.54, 1.807) is 0 Å². The fraction of sp³-hybridized carbons (Fsp3) is 0.750. The second-order valence-corrected chi connectivity index (χ2v) is 4.14. The molecular formula is C12H23N3. The van der Waals surface area contributed by atoms with Crippen LogP contribution in [0.2, 0.25) is 0 Å². The maximum Gasteiger partial charge on any atom is 0.122 e. The minimum atomic E-state index is 0.322. The normalized spacial score (nSPS) is 13.3. The molecule has 1 unspecified atom stereocenters. The van der Waals surface area contributed by atoms with Gasteiger partial charge in [-0.1, -0.05) is 26.7 Å². The minimum Gasteiger partial charge on any atom is -0.347 e. The maximum absolute atomic E-state index is 4.27. The highest BCUT2D eigenvalue weighted by Gasteiger charge is 2.13. The van der Waals surface area contributed by atoms with Crippen LogP contribution in [0.25, 0.3) is 0 Å². The van der Waals surface area contributed by atoms with Crippen LogP contribution in [0.4, 0.5) is 0 Å². The summed E-state index contributed by atoms with van der Waals surface area (Å²) in [6.45, 7) is 6.64. The van der Waals surface area contributed by atoms with Gasteiger partial charge in [0.25, 0.3) is 0 Å². The van der Waals surface area contributed by atoms with Crippen LogP contribution in [-0.2, 0) is 0 Å². The summed E-state index contributed by atoms with van der Waals surface area (Å²) in [6.07, 6.45) is 8.66. The molecule has 2 N–H and O–H groups in total. The van der Waals surface area contributed by atoms with Crippen LogP contribution in [-0.4, -0.2) is 16.0 Å². The first-order valence-corrected chi connectivity index (χ1v) is 6.03. The van der Waals surface area contributed by atoms with Gasteiger partial charge in [0, 0.05) is 18.4 Å². The Morgan fingerprint density at radius 1 is 1.33 bits per heavy atom. The third-order valence-electron chi connectivity index (χ3n) is 2.69. The van der Waals surface area contributed by atoms with E-state index in [2.05, 4.69) is 36.1 Å². The molecule has 1 atom stereocenters. The van der Waals surface area contributed by atoms with E-state index in [9.17, 15) is 0 Å². The summed E-state index contributed by atoms with van der Waals surface area (Å²) < 4.78 is 0. The van der Waals surface area contributed by atoms with Gasteiger partial charge in [0.15, 0.2) is 0 Å². The third kappa shape index (κ3) is 4.04. The molecular weight excluding hydrogens is 186 g/mol. The molecule has 1 heterocycles. The predicted octanol–water partition coefficient (Wildman–Crippen LogP) is 3.03. The SMILES string of the molecule is CCCC(CCC)NC(C)c1ncc[nH]1. The van der Waals surface area contributed by atoms with Gasteiger partial charge in [-0.05, 0) is 19.8 Å². The van der Waals surface area contributed by atoms with E-state index < -0.39 is 0 Å². The number of nitrogens with one attached hydrogen (secondary N) is 2. The van der Waals surface area contributed by atoms with Gasteiger partial charge in [0.2, 0.25) is 0 Å². The van der Waals surface area contributed by atoms with Crippen molar-refractivity contribution in [1.29, 1.82) is 0 Å². The highest BCUT2D eigenvalue weighted by atomic mass is 15.0. The zero-order valence-electron chi connectivity index (χ0n) is 10.1. The van der Waals surface area contributed by atoms with Gasteiger partial charge in [-0.25, -0.2) is 4.98 Å². The van der Waals surface area contributed by atoms with Gasteiger partial charge >= 0.3 is 0 Å². The van der Waals surface area contributed by atoms with Crippen LogP contribution in [0.15, 0.2) is 12.4 Å². The van der Waals surface area contributed by atoms with Crippen molar-refractivity contribution in [2.45, 2.75) is 58.5 Å². The molecule has 1 aromatic heterocycles. The monoisotopic (exact) mass is 209 g/mol. The van der Waals surface area contributed by atoms with Gasteiger partial charge in [0.05, 0.1) is 6.04 Å². The molecule has 0 spiro atoms. The topological polar surface area (TPSA) is 40.7 Å². The summed E-state index contributed by atoms with van der Waals surface area (Å²) in [4.78, 5) is 7.42. The summed E-state index contributed by atoms with van der Waals surface area (Å²) in [7, 11) is 0. The fourth-order valence-corrected chi connectivity index (χ4v) is 1.95. The van der Waals surface area contributed by atoms with Crippen molar-refractivity contribution in [3.63, 3.8) is 0 Å². The van der Waals surface area contributed by atoms with Crippen molar-refractivity contribution in [3.05, 3.63) is 18.2 Å².